The van der Waals surface area contributed by atoms with Gasteiger partial charge >= 0.3 is 6.09 Å². The summed E-state index contributed by atoms with van der Waals surface area (Å²) >= 11 is 0. The minimum atomic E-state index is -0.608. The van der Waals surface area contributed by atoms with Gasteiger partial charge in [0.15, 0.2) is 0 Å². The number of ether oxygens (including phenoxy) is 2. The smallest absolute Gasteiger partial charge is 0.411 e. The van der Waals surface area contributed by atoms with Gasteiger partial charge in [-0.15, -0.1) is 0 Å². The molecule has 1 saturated heterocycles. The Balaban J connectivity index is 1.41. The van der Waals surface area contributed by atoms with Gasteiger partial charge in [0.2, 0.25) is 0 Å². The van der Waals surface area contributed by atoms with Crippen molar-refractivity contribution in [3.05, 3.63) is 71.4 Å². The summed E-state index contributed by atoms with van der Waals surface area (Å²) in [6, 6.07) is 17.7. The summed E-state index contributed by atoms with van der Waals surface area (Å²) in [7, 11) is 0. The van der Waals surface area contributed by atoms with Crippen LogP contribution in [0.1, 0.15) is 68.2 Å². The number of para-hydroxylation sites is 1. The van der Waals surface area contributed by atoms with E-state index in [1.54, 1.807) is 0 Å². The summed E-state index contributed by atoms with van der Waals surface area (Å²) in [4.78, 5) is 34.2. The summed E-state index contributed by atoms with van der Waals surface area (Å²) in [6.45, 7) is 9.08. The minimum Gasteiger partial charge on any atom is -0.444 e. The highest BCUT2D eigenvalue weighted by Gasteiger charge is 2.41. The highest BCUT2D eigenvalue weighted by molar-refractivity contribution is 5.98. The van der Waals surface area contributed by atoms with Gasteiger partial charge in [-0.1, -0.05) is 42.5 Å². The number of carbonyl (C=O) groups excluding carboxylic acids is 2. The molecule has 3 atom stereocenters. The number of aromatic amines is 1. The van der Waals surface area contributed by atoms with E-state index in [-0.39, 0.29) is 30.1 Å². The lowest BCUT2D eigenvalue weighted by molar-refractivity contribution is -0.0503. The Hall–Kier alpha value is -3.32. The number of H-pyrrole nitrogens is 1. The first-order chi connectivity index (χ1) is 17.7. The third kappa shape index (κ3) is 5.23. The van der Waals surface area contributed by atoms with E-state index in [2.05, 4.69) is 17.1 Å². The van der Waals surface area contributed by atoms with E-state index >= 15 is 0 Å². The third-order valence-electron chi connectivity index (χ3n) is 7.40. The van der Waals surface area contributed by atoms with Crippen LogP contribution in [0.3, 0.4) is 0 Å². The second-order valence-corrected chi connectivity index (χ2v) is 11.1. The van der Waals surface area contributed by atoms with Crippen molar-refractivity contribution in [2.45, 2.75) is 70.7 Å². The van der Waals surface area contributed by atoms with Crippen LogP contribution in [0.25, 0.3) is 10.9 Å². The maximum atomic E-state index is 13.6. The molecule has 2 unspecified atom stereocenters. The van der Waals surface area contributed by atoms with Crippen molar-refractivity contribution < 1.29 is 19.1 Å². The third-order valence-corrected chi connectivity index (χ3v) is 7.40. The number of nitrogens with zero attached hydrogens (tertiary/aromatic N) is 2. The second kappa shape index (κ2) is 10.2. The monoisotopic (exact) mass is 503 g/mol. The molecule has 7 heteroatoms. The number of benzene rings is 2. The van der Waals surface area contributed by atoms with Gasteiger partial charge in [-0.2, -0.15) is 0 Å². The molecule has 196 valence electrons. The molecule has 0 radical (unpaired) electrons. The molecule has 5 rings (SSSR count). The van der Waals surface area contributed by atoms with E-state index in [0.717, 1.165) is 23.7 Å². The van der Waals surface area contributed by atoms with Crippen LogP contribution in [-0.2, 0) is 15.9 Å². The zero-order valence-corrected chi connectivity index (χ0v) is 22.2. The number of carbonyl (C=O) groups is 2. The van der Waals surface area contributed by atoms with Crippen LogP contribution in [-0.4, -0.2) is 64.2 Å². The summed E-state index contributed by atoms with van der Waals surface area (Å²) in [6.07, 6.45) is 2.09. The number of amides is 2. The zero-order chi connectivity index (χ0) is 26.2. The summed E-state index contributed by atoms with van der Waals surface area (Å²) in [5, 5.41) is 1.01. The molecule has 1 aliphatic carbocycles. The Bertz CT molecular complexity index is 1240. The number of hydrogen-bond acceptors (Lipinski definition) is 4. The molecule has 1 N–H and O–H groups in total. The lowest BCUT2D eigenvalue weighted by atomic mass is 9.98. The Morgan fingerprint density at radius 3 is 2.54 bits per heavy atom. The van der Waals surface area contributed by atoms with Gasteiger partial charge in [-0.05, 0) is 70.2 Å². The largest absolute Gasteiger partial charge is 0.444 e. The number of hydrogen-bond donors (Lipinski definition) is 1. The average Bonchev–Trinajstić information content (AvgIpc) is 3.49. The molecule has 1 fully saturated rings. The van der Waals surface area contributed by atoms with Crippen molar-refractivity contribution in [2.75, 3.05) is 19.8 Å². The van der Waals surface area contributed by atoms with E-state index in [4.69, 9.17) is 9.47 Å². The van der Waals surface area contributed by atoms with E-state index in [1.165, 1.54) is 11.1 Å². The van der Waals surface area contributed by atoms with Gasteiger partial charge in [0.25, 0.3) is 5.91 Å². The standard InChI is InChI=1S/C30H37N3O4/c1-5-32(28(34)26-16-21-11-7-9-13-25(21)31-26)22-17-23(19-36-18-22)33(29(35)37-30(2,3)4)27-15-14-20-10-6-8-12-24(20)27/h6-13,16,22-23,27,31H,5,14-15,17-19H2,1-4H3/t22?,23?,27-/m1/s1. The van der Waals surface area contributed by atoms with Gasteiger partial charge in [0, 0.05) is 17.4 Å². The molecule has 0 spiro atoms. The van der Waals surface area contributed by atoms with Gasteiger partial charge in [-0.25, -0.2) is 4.79 Å². The predicted molar refractivity (Wildman–Crippen MR) is 144 cm³/mol. The van der Waals surface area contributed by atoms with E-state index < -0.39 is 5.60 Å². The average molecular weight is 504 g/mol. The maximum absolute atomic E-state index is 13.6. The lowest BCUT2D eigenvalue weighted by Crippen LogP contribution is -2.55. The van der Waals surface area contributed by atoms with Crippen LogP contribution in [0.5, 0.6) is 0 Å². The number of nitrogens with one attached hydrogen (secondary N) is 1. The number of aryl methyl sites for hydroxylation is 1. The fourth-order valence-corrected chi connectivity index (χ4v) is 5.78. The minimum absolute atomic E-state index is 0.0528. The second-order valence-electron chi connectivity index (χ2n) is 11.1. The molecule has 2 amide bonds. The number of likely N-dealkylation sites (N-methyl/N-ethyl adjacent to an activating group) is 1. The molecular formula is C30H37N3O4. The number of aromatic nitrogens is 1. The molecule has 2 heterocycles. The molecule has 0 saturated carbocycles. The normalized spacial score (nSPS) is 21.5. The lowest BCUT2D eigenvalue weighted by Gasteiger charge is -2.43. The topological polar surface area (TPSA) is 74.9 Å². The summed E-state index contributed by atoms with van der Waals surface area (Å²) < 4.78 is 12.0. The van der Waals surface area contributed by atoms with Gasteiger partial charge in [-0.3, -0.25) is 9.69 Å². The number of rotatable bonds is 5. The first-order valence-electron chi connectivity index (χ1n) is 13.3. The van der Waals surface area contributed by atoms with Crippen molar-refractivity contribution in [3.63, 3.8) is 0 Å². The Kier molecular flexibility index (Phi) is 6.99. The highest BCUT2D eigenvalue weighted by Crippen LogP contribution is 2.39. The van der Waals surface area contributed by atoms with Crippen molar-refractivity contribution in [1.82, 2.24) is 14.8 Å². The summed E-state index contributed by atoms with van der Waals surface area (Å²) in [5.74, 6) is -0.0528. The molecular weight excluding hydrogens is 466 g/mol. The van der Waals surface area contributed by atoms with Crippen LogP contribution in [0, 0.1) is 0 Å². The molecule has 1 aliphatic heterocycles. The summed E-state index contributed by atoms with van der Waals surface area (Å²) in [5.41, 5.74) is 3.36. The number of fused-ring (bicyclic) bond motifs is 2. The van der Waals surface area contributed by atoms with Crippen molar-refractivity contribution in [1.29, 1.82) is 0 Å². The van der Waals surface area contributed by atoms with Crippen molar-refractivity contribution >= 4 is 22.9 Å². The van der Waals surface area contributed by atoms with Gasteiger partial charge in [0.05, 0.1) is 31.3 Å². The van der Waals surface area contributed by atoms with Crippen molar-refractivity contribution in [2.24, 2.45) is 0 Å². The van der Waals surface area contributed by atoms with Crippen LogP contribution in [0.2, 0.25) is 0 Å². The molecule has 0 bridgehead atoms. The fraction of sp³-hybridized carbons (Fsp3) is 0.467. The van der Waals surface area contributed by atoms with Crippen LogP contribution in [0.15, 0.2) is 54.6 Å². The maximum Gasteiger partial charge on any atom is 0.411 e. The predicted octanol–water partition coefficient (Wildman–Crippen LogP) is 5.71. The Labute approximate surface area is 218 Å². The Morgan fingerprint density at radius 2 is 1.78 bits per heavy atom. The molecule has 1 aromatic heterocycles. The first kappa shape index (κ1) is 25.3. The Morgan fingerprint density at radius 1 is 1.05 bits per heavy atom. The molecule has 2 aromatic carbocycles. The van der Waals surface area contributed by atoms with Gasteiger partial charge < -0.3 is 19.4 Å². The van der Waals surface area contributed by atoms with Gasteiger partial charge in [0.1, 0.15) is 11.3 Å². The van der Waals surface area contributed by atoms with Crippen LogP contribution in [0.4, 0.5) is 4.79 Å². The van der Waals surface area contributed by atoms with E-state index in [9.17, 15) is 9.59 Å². The fourth-order valence-electron chi connectivity index (χ4n) is 5.78. The molecule has 3 aromatic rings. The zero-order valence-electron chi connectivity index (χ0n) is 22.2. The first-order valence-corrected chi connectivity index (χ1v) is 13.3. The van der Waals surface area contributed by atoms with Crippen LogP contribution < -0.4 is 0 Å². The van der Waals surface area contributed by atoms with Crippen LogP contribution >= 0.6 is 0 Å². The molecule has 37 heavy (non-hydrogen) atoms. The molecule has 2 aliphatic rings. The molecule has 7 nitrogen and oxygen atoms in total. The quantitative estimate of drug-likeness (QED) is 0.484. The van der Waals surface area contributed by atoms with E-state index in [1.807, 2.05) is 80.0 Å². The van der Waals surface area contributed by atoms with E-state index in [0.29, 0.717) is 31.9 Å². The highest BCUT2D eigenvalue weighted by atomic mass is 16.6. The van der Waals surface area contributed by atoms with Crippen molar-refractivity contribution in [3.8, 4) is 0 Å². The SMILES string of the molecule is CCN(C(=O)c1cc2ccccc2[nH]1)C1COCC(N(C(=O)OC(C)(C)C)[C@@H]2CCc3ccccc32)C1.